The Kier molecular flexibility index (Phi) is 3.73. The molecule has 0 saturated carbocycles. The van der Waals surface area contributed by atoms with Crippen molar-refractivity contribution in [3.8, 4) is 11.5 Å². The van der Waals surface area contributed by atoms with E-state index in [-0.39, 0.29) is 23.0 Å². The summed E-state index contributed by atoms with van der Waals surface area (Å²) in [7, 11) is 0. The molecule has 22 heavy (non-hydrogen) atoms. The van der Waals surface area contributed by atoms with Gasteiger partial charge in [-0.1, -0.05) is 23.7 Å². The van der Waals surface area contributed by atoms with Crippen LogP contribution in [0.4, 0.5) is 4.39 Å². The fraction of sp³-hybridized carbons (Fsp3) is 0.0625. The van der Waals surface area contributed by atoms with Gasteiger partial charge in [-0.05, 0) is 35.9 Å². The molecule has 1 aliphatic rings. The fourth-order valence-corrected chi connectivity index (χ4v) is 2.34. The summed E-state index contributed by atoms with van der Waals surface area (Å²) in [6.07, 6.45) is 1.21. The summed E-state index contributed by atoms with van der Waals surface area (Å²) < 4.78 is 24.2. The van der Waals surface area contributed by atoms with Crippen LogP contribution in [0.2, 0.25) is 5.02 Å². The summed E-state index contributed by atoms with van der Waals surface area (Å²) >= 11 is 5.94. The molecule has 6 heteroatoms. The normalized spacial score (nSPS) is 13.3. The maximum atomic E-state index is 13.8. The second-order valence-corrected chi connectivity index (χ2v) is 4.97. The molecule has 3 rings (SSSR count). The van der Waals surface area contributed by atoms with Crippen molar-refractivity contribution in [2.45, 2.75) is 0 Å². The van der Waals surface area contributed by atoms with Crippen LogP contribution in [0, 0.1) is 5.82 Å². The lowest BCUT2D eigenvalue weighted by Gasteiger charge is -2.06. The Morgan fingerprint density at radius 2 is 2.00 bits per heavy atom. The molecule has 0 fully saturated rings. The third-order valence-electron chi connectivity index (χ3n) is 3.20. The van der Waals surface area contributed by atoms with Gasteiger partial charge in [0.25, 0.3) is 0 Å². The summed E-state index contributed by atoms with van der Waals surface area (Å²) in [4.78, 5) is 11.5. The Bertz CT molecular complexity index is 765. The monoisotopic (exact) mass is 320 g/mol. The number of ether oxygens (including phenoxy) is 2. The molecule has 0 bridgehead atoms. The van der Waals surface area contributed by atoms with Gasteiger partial charge in [-0.2, -0.15) is 0 Å². The van der Waals surface area contributed by atoms with Gasteiger partial charge in [0, 0.05) is 5.56 Å². The molecule has 0 spiro atoms. The van der Waals surface area contributed by atoms with Gasteiger partial charge < -0.3 is 14.6 Å². The van der Waals surface area contributed by atoms with Crippen LogP contribution in [0.3, 0.4) is 0 Å². The SMILES string of the molecule is O=C(O)/C(=C\c1c(F)cccc1Cl)c1ccc2c(c1)OCO2. The van der Waals surface area contributed by atoms with Crippen LogP contribution in [-0.2, 0) is 4.79 Å². The quantitative estimate of drug-likeness (QED) is 0.689. The van der Waals surface area contributed by atoms with E-state index in [1.807, 2.05) is 0 Å². The highest BCUT2D eigenvalue weighted by atomic mass is 35.5. The van der Waals surface area contributed by atoms with Crippen molar-refractivity contribution in [1.29, 1.82) is 0 Å². The topological polar surface area (TPSA) is 55.8 Å². The van der Waals surface area contributed by atoms with Crippen LogP contribution in [0.15, 0.2) is 36.4 Å². The van der Waals surface area contributed by atoms with Crippen molar-refractivity contribution in [3.63, 3.8) is 0 Å². The van der Waals surface area contributed by atoms with Crippen LogP contribution in [0.5, 0.6) is 11.5 Å². The van der Waals surface area contributed by atoms with E-state index >= 15 is 0 Å². The highest BCUT2D eigenvalue weighted by Crippen LogP contribution is 2.35. The minimum atomic E-state index is -1.20. The largest absolute Gasteiger partial charge is 0.478 e. The Labute approximate surface area is 130 Å². The number of carboxylic acids is 1. The molecule has 0 radical (unpaired) electrons. The van der Waals surface area contributed by atoms with Crippen LogP contribution >= 0.6 is 11.6 Å². The lowest BCUT2D eigenvalue weighted by molar-refractivity contribution is -0.130. The average Bonchev–Trinajstić information content (AvgIpc) is 2.94. The first-order valence-electron chi connectivity index (χ1n) is 6.35. The molecule has 2 aromatic rings. The van der Waals surface area contributed by atoms with Crippen molar-refractivity contribution < 1.29 is 23.8 Å². The molecule has 1 N–H and O–H groups in total. The molecular weight excluding hydrogens is 311 g/mol. The second-order valence-electron chi connectivity index (χ2n) is 4.57. The molecular formula is C16H10ClFO4. The number of carbonyl (C=O) groups is 1. The third-order valence-corrected chi connectivity index (χ3v) is 3.53. The maximum absolute atomic E-state index is 13.8. The first kappa shape index (κ1) is 14.4. The molecule has 0 saturated heterocycles. The van der Waals surface area contributed by atoms with E-state index in [0.29, 0.717) is 17.1 Å². The number of rotatable bonds is 3. The third kappa shape index (κ3) is 2.63. The van der Waals surface area contributed by atoms with Crippen molar-refractivity contribution in [2.75, 3.05) is 6.79 Å². The van der Waals surface area contributed by atoms with Gasteiger partial charge in [0.05, 0.1) is 10.6 Å². The van der Waals surface area contributed by atoms with Crippen LogP contribution in [0.25, 0.3) is 11.6 Å². The van der Waals surface area contributed by atoms with E-state index < -0.39 is 11.8 Å². The second kappa shape index (κ2) is 5.69. The highest BCUT2D eigenvalue weighted by molar-refractivity contribution is 6.33. The van der Waals surface area contributed by atoms with Gasteiger partial charge in [-0.3, -0.25) is 0 Å². The predicted molar refractivity (Wildman–Crippen MR) is 79.5 cm³/mol. The Hall–Kier alpha value is -2.53. The maximum Gasteiger partial charge on any atom is 0.336 e. The van der Waals surface area contributed by atoms with E-state index in [0.717, 1.165) is 0 Å². The Balaban J connectivity index is 2.11. The lowest BCUT2D eigenvalue weighted by atomic mass is 10.0. The van der Waals surface area contributed by atoms with Gasteiger partial charge in [0.2, 0.25) is 6.79 Å². The molecule has 1 aliphatic heterocycles. The standard InChI is InChI=1S/C16H10ClFO4/c17-12-2-1-3-13(18)11(12)7-10(16(19)20)9-4-5-14-15(6-9)22-8-21-14/h1-7H,8H2,(H,19,20)/b10-7-. The number of fused-ring (bicyclic) bond motifs is 1. The van der Waals surface area contributed by atoms with Crippen LogP contribution in [-0.4, -0.2) is 17.9 Å². The minimum Gasteiger partial charge on any atom is -0.478 e. The first-order valence-corrected chi connectivity index (χ1v) is 6.73. The molecule has 1 heterocycles. The number of aliphatic carboxylic acids is 1. The Morgan fingerprint density at radius 1 is 1.23 bits per heavy atom. The molecule has 2 aromatic carbocycles. The van der Waals surface area contributed by atoms with Gasteiger partial charge in [-0.25, -0.2) is 9.18 Å². The number of hydrogen-bond donors (Lipinski definition) is 1. The summed E-state index contributed by atoms with van der Waals surface area (Å²) in [5.74, 6) is -0.799. The minimum absolute atomic E-state index is 0.0271. The van der Waals surface area contributed by atoms with Gasteiger partial charge in [0.15, 0.2) is 11.5 Å². The fourth-order valence-electron chi connectivity index (χ4n) is 2.13. The number of benzene rings is 2. The van der Waals surface area contributed by atoms with E-state index in [1.165, 1.54) is 30.3 Å². The zero-order chi connectivity index (χ0) is 15.7. The van der Waals surface area contributed by atoms with Crippen molar-refractivity contribution in [1.82, 2.24) is 0 Å². The molecule has 0 atom stereocenters. The zero-order valence-electron chi connectivity index (χ0n) is 11.2. The Morgan fingerprint density at radius 3 is 2.73 bits per heavy atom. The zero-order valence-corrected chi connectivity index (χ0v) is 11.9. The van der Waals surface area contributed by atoms with Crippen LogP contribution in [0.1, 0.15) is 11.1 Å². The van der Waals surface area contributed by atoms with Crippen molar-refractivity contribution in [3.05, 3.63) is 58.4 Å². The summed E-state index contributed by atoms with van der Waals surface area (Å²) in [5, 5.41) is 9.55. The first-order chi connectivity index (χ1) is 10.6. The van der Waals surface area contributed by atoms with Gasteiger partial charge in [-0.15, -0.1) is 0 Å². The average molecular weight is 321 g/mol. The van der Waals surface area contributed by atoms with Gasteiger partial charge in [0.1, 0.15) is 5.82 Å². The van der Waals surface area contributed by atoms with Gasteiger partial charge >= 0.3 is 5.97 Å². The highest BCUT2D eigenvalue weighted by Gasteiger charge is 2.18. The molecule has 112 valence electrons. The summed E-state index contributed by atoms with van der Waals surface area (Å²) in [6.45, 7) is 0.0873. The van der Waals surface area contributed by atoms with E-state index in [2.05, 4.69) is 0 Å². The van der Waals surface area contributed by atoms with E-state index in [4.69, 9.17) is 21.1 Å². The molecule has 0 unspecified atom stereocenters. The molecule has 0 amide bonds. The van der Waals surface area contributed by atoms with Crippen molar-refractivity contribution in [2.24, 2.45) is 0 Å². The lowest BCUT2D eigenvalue weighted by Crippen LogP contribution is -2.00. The van der Waals surface area contributed by atoms with E-state index in [9.17, 15) is 14.3 Å². The smallest absolute Gasteiger partial charge is 0.336 e. The summed E-state index contributed by atoms with van der Waals surface area (Å²) in [5.41, 5.74) is 0.306. The summed E-state index contributed by atoms with van der Waals surface area (Å²) in [6, 6.07) is 8.89. The van der Waals surface area contributed by atoms with E-state index in [1.54, 1.807) is 12.1 Å². The molecule has 0 aliphatic carbocycles. The molecule has 4 nitrogen and oxygen atoms in total. The van der Waals surface area contributed by atoms with Crippen LogP contribution < -0.4 is 9.47 Å². The predicted octanol–water partition coefficient (Wildman–Crippen LogP) is 3.83. The number of carboxylic acid groups (broad SMARTS) is 1. The molecule has 0 aromatic heterocycles. The number of halogens is 2. The number of hydrogen-bond acceptors (Lipinski definition) is 3. The van der Waals surface area contributed by atoms with Crippen molar-refractivity contribution >= 4 is 29.2 Å².